The summed E-state index contributed by atoms with van der Waals surface area (Å²) >= 11 is 6.33. The van der Waals surface area contributed by atoms with Crippen LogP contribution in [0, 0.1) is 6.92 Å². The van der Waals surface area contributed by atoms with E-state index in [2.05, 4.69) is 43.2 Å². The number of carbonyl (C=O) groups excluding carboxylic acids is 2. The third kappa shape index (κ3) is 8.01. The Balaban J connectivity index is 0.000000531. The molecule has 1 aliphatic rings. The summed E-state index contributed by atoms with van der Waals surface area (Å²) in [5.41, 5.74) is 5.34. The largest absolute Gasteiger partial charge is 0.446 e. The molecule has 5 rings (SSSR count). The molecule has 13 heteroatoms. The molecule has 3 heterocycles. The molecule has 9 nitrogen and oxygen atoms in total. The standard InChI is InChI=1S/C24H21ClN6O2.C2HF3O/c1-14-9-19(33-31-14)12-22(32)29-21-8-7-18-11-16(21)6-5-15-3-2-4-17(10-15)28-24-26-13-20(25)23(27-18)30-24;3-2(4,5)1-6/h2-4,7-11,13H,5-6,12H2,1H3,(H,29,32)(H2,26,27,28,30);1H. The molecule has 4 aromatic rings. The minimum atomic E-state index is -4.64. The van der Waals surface area contributed by atoms with Crippen LogP contribution in [0.3, 0.4) is 0 Å². The summed E-state index contributed by atoms with van der Waals surface area (Å²) in [5.74, 6) is 1.31. The number of carbonyl (C=O) groups is 2. The van der Waals surface area contributed by atoms with E-state index in [0.29, 0.717) is 22.5 Å². The van der Waals surface area contributed by atoms with E-state index >= 15 is 0 Å². The van der Waals surface area contributed by atoms with E-state index in [1.807, 2.05) is 37.3 Å². The Morgan fingerprint density at radius 2 is 1.90 bits per heavy atom. The lowest BCUT2D eigenvalue weighted by molar-refractivity contribution is -0.156. The highest BCUT2D eigenvalue weighted by molar-refractivity contribution is 6.32. The van der Waals surface area contributed by atoms with Crippen LogP contribution in [-0.2, 0) is 28.9 Å². The van der Waals surface area contributed by atoms with Crippen molar-refractivity contribution in [2.45, 2.75) is 32.4 Å². The molecule has 0 saturated heterocycles. The Hall–Kier alpha value is -4.45. The highest BCUT2D eigenvalue weighted by Gasteiger charge is 2.25. The molecule has 0 atom stereocenters. The fourth-order valence-corrected chi connectivity index (χ4v) is 3.86. The molecular formula is C26H22ClF3N6O3. The number of aromatic nitrogens is 3. The average molecular weight is 559 g/mol. The monoisotopic (exact) mass is 558 g/mol. The zero-order chi connectivity index (χ0) is 28.0. The van der Waals surface area contributed by atoms with Crippen LogP contribution >= 0.6 is 11.6 Å². The van der Waals surface area contributed by atoms with Gasteiger partial charge in [0.05, 0.1) is 18.3 Å². The van der Waals surface area contributed by atoms with Crippen LogP contribution in [0.2, 0.25) is 5.02 Å². The van der Waals surface area contributed by atoms with Crippen LogP contribution in [0.1, 0.15) is 22.6 Å². The van der Waals surface area contributed by atoms with Gasteiger partial charge in [0, 0.05) is 23.1 Å². The Bertz CT molecular complexity index is 1490. The van der Waals surface area contributed by atoms with E-state index in [-0.39, 0.29) is 12.3 Å². The lowest BCUT2D eigenvalue weighted by Crippen LogP contribution is -2.15. The maximum absolute atomic E-state index is 12.6. The minimum absolute atomic E-state index is 0.118. The predicted molar refractivity (Wildman–Crippen MR) is 140 cm³/mol. The third-order valence-corrected chi connectivity index (χ3v) is 5.67. The van der Waals surface area contributed by atoms with Crippen molar-refractivity contribution in [2.75, 3.05) is 16.0 Å². The molecule has 0 fully saturated rings. The smallest absolute Gasteiger partial charge is 0.361 e. The summed E-state index contributed by atoms with van der Waals surface area (Å²) in [6.07, 6.45) is -2.50. The van der Waals surface area contributed by atoms with Gasteiger partial charge in [0.1, 0.15) is 10.8 Å². The molecule has 1 amide bonds. The van der Waals surface area contributed by atoms with E-state index in [1.165, 1.54) is 0 Å². The number of rotatable bonds is 3. The first kappa shape index (κ1) is 27.6. The number of anilines is 5. The van der Waals surface area contributed by atoms with Crippen molar-refractivity contribution in [2.24, 2.45) is 0 Å². The first-order valence-electron chi connectivity index (χ1n) is 11.6. The second-order valence-electron chi connectivity index (χ2n) is 8.53. The molecule has 2 aromatic heterocycles. The Morgan fingerprint density at radius 3 is 2.62 bits per heavy atom. The van der Waals surface area contributed by atoms with Gasteiger partial charge in [0.25, 0.3) is 0 Å². The molecule has 39 heavy (non-hydrogen) atoms. The van der Waals surface area contributed by atoms with E-state index in [4.69, 9.17) is 20.9 Å². The molecule has 6 bridgehead atoms. The fraction of sp³-hybridized carbons (Fsp3) is 0.192. The number of amides is 1. The molecule has 0 aliphatic carbocycles. The number of nitrogens with zero attached hydrogens (tertiary/aromatic N) is 3. The lowest BCUT2D eigenvalue weighted by atomic mass is 10.0. The molecule has 0 radical (unpaired) electrons. The first-order chi connectivity index (χ1) is 18.6. The van der Waals surface area contributed by atoms with Gasteiger partial charge in [-0.25, -0.2) is 4.98 Å². The van der Waals surface area contributed by atoms with Crippen LogP contribution in [0.25, 0.3) is 0 Å². The lowest BCUT2D eigenvalue weighted by Gasteiger charge is -2.14. The van der Waals surface area contributed by atoms with Gasteiger partial charge in [-0.2, -0.15) is 18.2 Å². The van der Waals surface area contributed by atoms with Gasteiger partial charge in [-0.15, -0.1) is 0 Å². The van der Waals surface area contributed by atoms with Crippen LogP contribution in [0.4, 0.5) is 42.0 Å². The SMILES string of the molecule is Cc1cc(CC(=O)Nc2ccc3cc2CCc2cccc(c2)Nc2ncc(Cl)c(n2)N3)on1.O=CC(F)(F)F. The molecule has 0 unspecified atom stereocenters. The summed E-state index contributed by atoms with van der Waals surface area (Å²) in [6, 6.07) is 15.6. The van der Waals surface area contributed by atoms with Gasteiger partial charge in [-0.1, -0.05) is 28.9 Å². The zero-order valence-corrected chi connectivity index (χ0v) is 21.2. The molecule has 3 N–H and O–H groups in total. The number of fused-ring (bicyclic) bond motifs is 6. The maximum Gasteiger partial charge on any atom is 0.446 e. The van der Waals surface area contributed by atoms with Gasteiger partial charge < -0.3 is 20.5 Å². The maximum atomic E-state index is 12.6. The number of halogens is 4. The number of hydrogen-bond acceptors (Lipinski definition) is 8. The number of nitrogens with one attached hydrogen (secondary N) is 3. The van der Waals surface area contributed by atoms with E-state index in [1.54, 1.807) is 12.3 Å². The number of alkyl halides is 3. The van der Waals surface area contributed by atoms with Gasteiger partial charge in [0.15, 0.2) is 5.82 Å². The van der Waals surface area contributed by atoms with E-state index in [0.717, 1.165) is 46.7 Å². The molecule has 202 valence electrons. The summed E-state index contributed by atoms with van der Waals surface area (Å²) in [4.78, 5) is 30.1. The summed E-state index contributed by atoms with van der Waals surface area (Å²) in [6.45, 7) is 1.82. The molecule has 2 aromatic carbocycles. The Kier molecular flexibility index (Phi) is 8.45. The number of aldehydes is 1. The van der Waals surface area contributed by atoms with E-state index < -0.39 is 12.5 Å². The second-order valence-corrected chi connectivity index (χ2v) is 8.94. The van der Waals surface area contributed by atoms with Crippen LogP contribution in [0.15, 0.2) is 59.3 Å². The third-order valence-electron chi connectivity index (χ3n) is 5.40. The first-order valence-corrected chi connectivity index (χ1v) is 12.0. The zero-order valence-electron chi connectivity index (χ0n) is 20.5. The normalized spacial score (nSPS) is 12.2. The molecule has 1 aliphatic heterocycles. The van der Waals surface area contributed by atoms with Gasteiger partial charge in [-0.3, -0.25) is 9.59 Å². The van der Waals surface area contributed by atoms with Crippen molar-refractivity contribution >= 4 is 52.6 Å². The second kappa shape index (κ2) is 11.9. The summed E-state index contributed by atoms with van der Waals surface area (Å²) < 4.78 is 36.4. The summed E-state index contributed by atoms with van der Waals surface area (Å²) in [7, 11) is 0. The van der Waals surface area contributed by atoms with Crippen molar-refractivity contribution in [1.29, 1.82) is 0 Å². The van der Waals surface area contributed by atoms with Crippen molar-refractivity contribution in [1.82, 2.24) is 15.1 Å². The predicted octanol–water partition coefficient (Wildman–Crippen LogP) is 5.94. The minimum Gasteiger partial charge on any atom is -0.361 e. The highest BCUT2D eigenvalue weighted by Crippen LogP contribution is 2.29. The van der Waals surface area contributed by atoms with Gasteiger partial charge in [0.2, 0.25) is 18.1 Å². The quantitative estimate of drug-likeness (QED) is 0.264. The molecule has 0 spiro atoms. The molecular weight excluding hydrogens is 537 g/mol. The van der Waals surface area contributed by atoms with E-state index in [9.17, 15) is 18.0 Å². The topological polar surface area (TPSA) is 122 Å². The average Bonchev–Trinajstić information content (AvgIpc) is 3.30. The van der Waals surface area contributed by atoms with Gasteiger partial charge in [-0.05, 0) is 61.2 Å². The Morgan fingerprint density at radius 1 is 1.13 bits per heavy atom. The van der Waals surface area contributed by atoms with Crippen LogP contribution in [0.5, 0.6) is 0 Å². The number of benzene rings is 2. The summed E-state index contributed by atoms with van der Waals surface area (Å²) in [5, 5.41) is 13.7. The van der Waals surface area contributed by atoms with Crippen molar-refractivity contribution in [3.63, 3.8) is 0 Å². The van der Waals surface area contributed by atoms with Crippen molar-refractivity contribution in [3.8, 4) is 0 Å². The highest BCUT2D eigenvalue weighted by atomic mass is 35.5. The Labute approximate surface area is 225 Å². The number of aryl methyl sites for hydroxylation is 3. The number of hydrogen-bond donors (Lipinski definition) is 3. The van der Waals surface area contributed by atoms with Crippen LogP contribution in [-0.4, -0.2) is 33.5 Å². The van der Waals surface area contributed by atoms with Crippen molar-refractivity contribution in [3.05, 3.63) is 82.3 Å². The van der Waals surface area contributed by atoms with Crippen molar-refractivity contribution < 1.29 is 27.3 Å². The van der Waals surface area contributed by atoms with Gasteiger partial charge >= 0.3 is 6.18 Å². The fourth-order valence-electron chi connectivity index (χ4n) is 3.72. The van der Waals surface area contributed by atoms with Crippen LogP contribution < -0.4 is 16.0 Å². The molecule has 0 saturated carbocycles.